The normalized spacial score (nSPS) is 23.1. The van der Waals surface area contributed by atoms with Gasteiger partial charge in [0.25, 0.3) is 0 Å². The van der Waals surface area contributed by atoms with Gasteiger partial charge in [-0.1, -0.05) is 0 Å². The molecule has 0 rings (SSSR count). The molecule has 0 aliphatic carbocycles. The summed E-state index contributed by atoms with van der Waals surface area (Å²) < 4.78 is -3.11. The Kier molecular flexibility index (Phi) is 3.01. The molecule has 7 heavy (non-hydrogen) atoms. The number of hydrogen-bond donors (Lipinski definition) is 0. The van der Waals surface area contributed by atoms with E-state index in [-0.39, 0.29) is 0 Å². The maximum absolute atomic E-state index is 3.34. The van der Waals surface area contributed by atoms with Gasteiger partial charge >= 0.3 is 82.4 Å². The van der Waals surface area contributed by atoms with Gasteiger partial charge in [-0.25, -0.2) is 0 Å². The SMILES string of the molecule is [Br][Rh-3]([Br])([Br])([Br])([Br])[Br]. The van der Waals surface area contributed by atoms with Gasteiger partial charge in [-0.15, -0.1) is 0 Å². The van der Waals surface area contributed by atoms with Gasteiger partial charge in [0.15, 0.2) is 0 Å². The molecule has 0 amide bonds. The van der Waals surface area contributed by atoms with Crippen molar-refractivity contribution in [2.75, 3.05) is 0 Å². The van der Waals surface area contributed by atoms with Gasteiger partial charge in [0.2, 0.25) is 0 Å². The molecule has 0 spiro atoms. The third-order valence-electron chi connectivity index (χ3n) is 0. The van der Waals surface area contributed by atoms with Gasteiger partial charge in [0.1, 0.15) is 0 Å². The van der Waals surface area contributed by atoms with E-state index >= 15 is 0 Å². The maximum atomic E-state index is 3.34. The summed E-state index contributed by atoms with van der Waals surface area (Å²) in [5.74, 6) is 0. The van der Waals surface area contributed by atoms with Gasteiger partial charge < -0.3 is 0 Å². The van der Waals surface area contributed by atoms with Crippen molar-refractivity contribution in [2.45, 2.75) is 0 Å². The van der Waals surface area contributed by atoms with E-state index < -0.39 is 0.665 Å². The molecule has 54 valence electrons. The average Bonchev–Trinajstić information content (AvgIpc) is 0.592. The topological polar surface area (TPSA) is 0 Å². The van der Waals surface area contributed by atoms with E-state index in [9.17, 15) is 0 Å². The fourth-order valence-electron chi connectivity index (χ4n) is 0. The zero-order valence-electron chi connectivity index (χ0n) is 2.60. The van der Waals surface area contributed by atoms with Gasteiger partial charge in [-0.2, -0.15) is 0 Å². The number of rotatable bonds is 0. The molecular weight excluding hydrogens is 582 g/mol. The van der Waals surface area contributed by atoms with Crippen molar-refractivity contribution in [1.82, 2.24) is 0 Å². The predicted octanol–water partition coefficient (Wildman–Crippen LogP) is 5.07. The molecule has 0 aliphatic heterocycles. The van der Waals surface area contributed by atoms with Crippen molar-refractivity contribution in [3.63, 3.8) is 0 Å². The molecule has 0 radical (unpaired) electrons. The summed E-state index contributed by atoms with van der Waals surface area (Å²) in [6, 6.07) is 0. The van der Waals surface area contributed by atoms with Crippen molar-refractivity contribution in [2.24, 2.45) is 0 Å². The molecule has 0 aromatic heterocycles. The van der Waals surface area contributed by atoms with E-state index in [2.05, 4.69) is 81.7 Å². The molecule has 0 aliphatic rings. The van der Waals surface area contributed by atoms with Crippen LogP contribution in [0.5, 0.6) is 0 Å². The molecule has 0 saturated heterocycles. The molecule has 0 unspecified atom stereocenters. The molecule has 0 atom stereocenters. The first-order valence-corrected chi connectivity index (χ1v) is 23.2. The quantitative estimate of drug-likeness (QED) is 0.350. The molecule has 7 heteroatoms. The number of hydrogen-bond acceptors (Lipinski definition) is 0. The monoisotopic (exact) mass is 576 g/mol. The first kappa shape index (κ1) is 10.5. The zero-order valence-corrected chi connectivity index (χ0v) is 13.8. The Morgan fingerprint density at radius 1 is 0.571 bits per heavy atom. The van der Waals surface area contributed by atoms with Crippen molar-refractivity contribution >= 4 is 81.7 Å². The van der Waals surface area contributed by atoms with Crippen LogP contribution in [-0.2, 0) is 0.665 Å². The Labute approximate surface area is 80.4 Å². The van der Waals surface area contributed by atoms with Crippen molar-refractivity contribution in [1.29, 1.82) is 0 Å². The van der Waals surface area contributed by atoms with Crippen LogP contribution in [0.4, 0.5) is 0 Å². The van der Waals surface area contributed by atoms with Crippen molar-refractivity contribution in [3.8, 4) is 0 Å². The summed E-state index contributed by atoms with van der Waals surface area (Å²) >= 11 is 20.0. The van der Waals surface area contributed by atoms with E-state index in [4.69, 9.17) is 0 Å². The average molecular weight is 582 g/mol. The van der Waals surface area contributed by atoms with Gasteiger partial charge in [-0.05, 0) is 0 Å². The molecule has 0 aromatic carbocycles. The third-order valence-corrected chi connectivity index (χ3v) is 0. The van der Waals surface area contributed by atoms with Crippen LogP contribution in [0.25, 0.3) is 0 Å². The third kappa shape index (κ3) is 43.6. The van der Waals surface area contributed by atoms with Crippen molar-refractivity contribution in [3.05, 3.63) is 0 Å². The summed E-state index contributed by atoms with van der Waals surface area (Å²) in [5.41, 5.74) is 0. The van der Waals surface area contributed by atoms with Crippen LogP contribution in [0.2, 0.25) is 0 Å². The summed E-state index contributed by atoms with van der Waals surface area (Å²) in [4.78, 5) is 0. The van der Waals surface area contributed by atoms with E-state index in [1.54, 1.807) is 0 Å². The second kappa shape index (κ2) is 2.01. The van der Waals surface area contributed by atoms with E-state index in [1.165, 1.54) is 0 Å². The summed E-state index contributed by atoms with van der Waals surface area (Å²) in [6.45, 7) is 0. The Morgan fingerprint density at radius 2 is 0.571 bits per heavy atom. The standard InChI is InChI=1S/6BrH.Rh/h6*1H;/q;;;;;;+3/p-6. The first-order chi connectivity index (χ1) is 2.45. The Morgan fingerprint density at radius 3 is 0.571 bits per heavy atom. The Hall–Kier alpha value is 3.50. The first-order valence-electron chi connectivity index (χ1n) is 0.756. The fourth-order valence-corrected chi connectivity index (χ4v) is 0. The molecule has 0 heterocycles. The minimum atomic E-state index is -3.11. The molecule has 0 saturated carbocycles. The molecule has 0 aromatic rings. The van der Waals surface area contributed by atoms with Crippen LogP contribution in [0.3, 0.4) is 0 Å². The van der Waals surface area contributed by atoms with Crippen LogP contribution in [0.1, 0.15) is 0 Å². The molecule has 0 nitrogen and oxygen atoms in total. The molecule has 0 N–H and O–H groups in total. The van der Waals surface area contributed by atoms with Crippen LogP contribution < -0.4 is 0 Å². The number of halogens is 6. The van der Waals surface area contributed by atoms with Crippen LogP contribution in [0.15, 0.2) is 0 Å². The molecular formula is Br6Rh-3. The second-order valence-electron chi connectivity index (χ2n) is 0.714. The van der Waals surface area contributed by atoms with Crippen LogP contribution >= 0.6 is 81.7 Å². The summed E-state index contributed by atoms with van der Waals surface area (Å²) in [6.07, 6.45) is 0. The van der Waals surface area contributed by atoms with E-state index in [0.29, 0.717) is 0 Å². The second-order valence-corrected chi connectivity index (χ2v) is 114. The van der Waals surface area contributed by atoms with Gasteiger partial charge in [-0.3, -0.25) is 0 Å². The molecule has 0 bridgehead atoms. The van der Waals surface area contributed by atoms with Gasteiger partial charge in [0, 0.05) is 0 Å². The summed E-state index contributed by atoms with van der Waals surface area (Å²) in [7, 11) is 0. The molecule has 0 fully saturated rings. The van der Waals surface area contributed by atoms with Crippen molar-refractivity contribution < 1.29 is 0.665 Å². The van der Waals surface area contributed by atoms with Crippen LogP contribution in [-0.4, -0.2) is 0 Å². The minimum absolute atomic E-state index is 3.11. The van der Waals surface area contributed by atoms with Crippen LogP contribution in [0, 0.1) is 0 Å². The Bertz CT molecular complexity index is 62.7. The Balaban J connectivity index is 4.43. The zero-order chi connectivity index (χ0) is 6.41. The van der Waals surface area contributed by atoms with Gasteiger partial charge in [0.05, 0.1) is 0 Å². The fraction of sp³-hybridized carbons (Fsp3) is 0. The summed E-state index contributed by atoms with van der Waals surface area (Å²) in [5, 5.41) is 0. The van der Waals surface area contributed by atoms with E-state index in [1.807, 2.05) is 0 Å². The predicted molar refractivity (Wildman–Crippen MR) is 53.6 cm³/mol. The van der Waals surface area contributed by atoms with E-state index in [0.717, 1.165) is 0 Å².